The van der Waals surface area contributed by atoms with Crippen molar-refractivity contribution in [3.8, 4) is 0 Å². The second kappa shape index (κ2) is 7.00. The van der Waals surface area contributed by atoms with E-state index in [4.69, 9.17) is 9.40 Å². The van der Waals surface area contributed by atoms with Crippen LogP contribution in [0.1, 0.15) is 40.2 Å². The third-order valence-corrected chi connectivity index (χ3v) is 4.66. The Hall–Kier alpha value is -3.14. The number of allylic oxidation sites excluding steroid dienone is 1. The van der Waals surface area contributed by atoms with E-state index in [0.29, 0.717) is 6.54 Å². The van der Waals surface area contributed by atoms with Crippen LogP contribution >= 0.6 is 0 Å². The van der Waals surface area contributed by atoms with Gasteiger partial charge in [-0.25, -0.2) is 4.98 Å². The lowest BCUT2D eigenvalue weighted by Gasteiger charge is -2.22. The molecule has 4 heteroatoms. The summed E-state index contributed by atoms with van der Waals surface area (Å²) in [4.78, 5) is 17.8. The summed E-state index contributed by atoms with van der Waals surface area (Å²) in [5.41, 5.74) is 4.62. The third kappa shape index (κ3) is 2.94. The highest BCUT2D eigenvalue weighted by Crippen LogP contribution is 2.36. The molecule has 26 heavy (non-hydrogen) atoms. The van der Waals surface area contributed by atoms with Gasteiger partial charge in [0.2, 0.25) is 0 Å². The molecule has 3 aromatic rings. The highest BCUT2D eigenvalue weighted by atomic mass is 16.3. The van der Waals surface area contributed by atoms with Crippen molar-refractivity contribution in [3.05, 3.63) is 77.9 Å². The van der Waals surface area contributed by atoms with Gasteiger partial charge in [-0.2, -0.15) is 0 Å². The van der Waals surface area contributed by atoms with E-state index in [1.54, 1.807) is 12.3 Å². The van der Waals surface area contributed by atoms with Crippen LogP contribution in [-0.2, 0) is 6.42 Å². The Bertz CT molecular complexity index is 1000. The number of benzene rings is 1. The number of carbonyl (C=O) groups is 1. The first-order valence-corrected chi connectivity index (χ1v) is 8.83. The number of fused-ring (bicyclic) bond motifs is 2. The van der Waals surface area contributed by atoms with Crippen molar-refractivity contribution in [2.75, 3.05) is 6.54 Å². The van der Waals surface area contributed by atoms with Crippen molar-refractivity contribution in [2.45, 2.75) is 19.3 Å². The zero-order valence-electron chi connectivity index (χ0n) is 14.5. The number of amides is 1. The smallest absolute Gasteiger partial charge is 0.252 e. The fraction of sp³-hybridized carbons (Fsp3) is 0.182. The summed E-state index contributed by atoms with van der Waals surface area (Å²) in [6.07, 6.45) is 8.15. The van der Waals surface area contributed by atoms with Crippen molar-refractivity contribution < 1.29 is 9.21 Å². The van der Waals surface area contributed by atoms with Crippen LogP contribution in [0.5, 0.6) is 0 Å². The SMILES string of the molecule is C=CCNC(=O)c1c2c(nc3ccccc13)/C(=C\c1ccco1)CCC2. The first-order valence-electron chi connectivity index (χ1n) is 8.83. The lowest BCUT2D eigenvalue weighted by atomic mass is 9.86. The number of pyridine rings is 1. The fourth-order valence-corrected chi connectivity index (χ4v) is 3.53. The first-order chi connectivity index (χ1) is 12.8. The standard InChI is InChI=1S/C22H20N2O2/c1-2-12-23-22(25)20-17-9-3-4-11-19(17)24-21-15(7-5-10-18(20)21)14-16-8-6-13-26-16/h2-4,6,8-9,11,13-14H,1,5,7,10,12H2,(H,23,25)/b15-14-. The lowest BCUT2D eigenvalue weighted by molar-refractivity contribution is 0.0958. The second-order valence-electron chi connectivity index (χ2n) is 6.37. The van der Waals surface area contributed by atoms with E-state index in [9.17, 15) is 4.79 Å². The summed E-state index contributed by atoms with van der Waals surface area (Å²) in [6.45, 7) is 4.13. The Balaban J connectivity index is 1.92. The summed E-state index contributed by atoms with van der Waals surface area (Å²) in [6, 6.07) is 11.6. The molecule has 1 N–H and O–H groups in total. The molecule has 4 nitrogen and oxygen atoms in total. The number of furan rings is 1. The van der Waals surface area contributed by atoms with Gasteiger partial charge in [0.25, 0.3) is 5.91 Å². The van der Waals surface area contributed by atoms with E-state index < -0.39 is 0 Å². The number of hydrogen-bond donors (Lipinski definition) is 1. The minimum Gasteiger partial charge on any atom is -0.465 e. The number of rotatable bonds is 4. The Morgan fingerprint density at radius 2 is 2.12 bits per heavy atom. The summed E-state index contributed by atoms with van der Waals surface area (Å²) >= 11 is 0. The zero-order chi connectivity index (χ0) is 17.9. The van der Waals surface area contributed by atoms with E-state index in [0.717, 1.165) is 58.3 Å². The Labute approximate surface area is 152 Å². The highest BCUT2D eigenvalue weighted by molar-refractivity contribution is 6.09. The predicted octanol–water partition coefficient (Wildman–Crippen LogP) is 4.62. The minimum absolute atomic E-state index is 0.0704. The van der Waals surface area contributed by atoms with Gasteiger partial charge in [-0.05, 0) is 54.7 Å². The predicted molar refractivity (Wildman–Crippen MR) is 104 cm³/mol. The van der Waals surface area contributed by atoms with E-state index in [1.807, 2.05) is 42.5 Å². The first kappa shape index (κ1) is 16.3. The van der Waals surface area contributed by atoms with Gasteiger partial charge in [0, 0.05) is 11.9 Å². The molecule has 0 spiro atoms. The maximum Gasteiger partial charge on any atom is 0.252 e. The van der Waals surface area contributed by atoms with Crippen LogP contribution < -0.4 is 5.32 Å². The molecule has 2 aromatic heterocycles. The van der Waals surface area contributed by atoms with Crippen LogP contribution in [0.25, 0.3) is 22.6 Å². The van der Waals surface area contributed by atoms with Crippen LogP contribution in [0.15, 0.2) is 59.7 Å². The average molecular weight is 344 g/mol. The number of carbonyl (C=O) groups excluding carboxylic acids is 1. The van der Waals surface area contributed by atoms with Crippen LogP contribution in [0.2, 0.25) is 0 Å². The van der Waals surface area contributed by atoms with Gasteiger partial charge in [0.05, 0.1) is 23.0 Å². The molecule has 0 saturated carbocycles. The van der Waals surface area contributed by atoms with E-state index >= 15 is 0 Å². The second-order valence-corrected chi connectivity index (χ2v) is 6.37. The summed E-state index contributed by atoms with van der Waals surface area (Å²) in [5, 5.41) is 3.82. The largest absolute Gasteiger partial charge is 0.465 e. The maximum atomic E-state index is 12.9. The van der Waals surface area contributed by atoms with Crippen LogP contribution in [0, 0.1) is 0 Å². The molecule has 0 unspecified atom stereocenters. The van der Waals surface area contributed by atoms with E-state index in [1.165, 1.54) is 0 Å². The highest BCUT2D eigenvalue weighted by Gasteiger charge is 2.25. The molecular formula is C22H20N2O2. The quantitative estimate of drug-likeness (QED) is 0.703. The molecule has 2 heterocycles. The average Bonchev–Trinajstić information content (AvgIpc) is 3.18. The Morgan fingerprint density at radius 3 is 2.92 bits per heavy atom. The summed E-state index contributed by atoms with van der Waals surface area (Å²) in [5.74, 6) is 0.736. The molecule has 0 bridgehead atoms. The molecule has 0 atom stereocenters. The van der Waals surface area contributed by atoms with Crippen LogP contribution in [0.3, 0.4) is 0 Å². The van der Waals surface area contributed by atoms with Gasteiger partial charge in [-0.3, -0.25) is 4.79 Å². The maximum absolute atomic E-state index is 12.9. The van der Waals surface area contributed by atoms with Crippen molar-refractivity contribution in [3.63, 3.8) is 0 Å². The number of hydrogen-bond acceptors (Lipinski definition) is 3. The normalized spacial score (nSPS) is 15.0. The van der Waals surface area contributed by atoms with Gasteiger partial charge in [0.1, 0.15) is 5.76 Å². The molecule has 130 valence electrons. The van der Waals surface area contributed by atoms with Gasteiger partial charge in [-0.15, -0.1) is 6.58 Å². The Morgan fingerprint density at radius 1 is 1.23 bits per heavy atom. The number of nitrogens with zero attached hydrogens (tertiary/aromatic N) is 1. The molecule has 1 aliphatic rings. The number of nitrogens with one attached hydrogen (secondary N) is 1. The minimum atomic E-state index is -0.0704. The van der Waals surface area contributed by atoms with Crippen molar-refractivity contribution in [1.29, 1.82) is 0 Å². The van der Waals surface area contributed by atoms with E-state index in [-0.39, 0.29) is 5.91 Å². The molecular weight excluding hydrogens is 324 g/mol. The monoisotopic (exact) mass is 344 g/mol. The van der Waals surface area contributed by atoms with Gasteiger partial charge < -0.3 is 9.73 Å². The molecule has 1 aromatic carbocycles. The molecule has 1 aliphatic carbocycles. The lowest BCUT2D eigenvalue weighted by Crippen LogP contribution is -2.26. The van der Waals surface area contributed by atoms with Crippen molar-refractivity contribution in [1.82, 2.24) is 10.3 Å². The number of para-hydroxylation sites is 1. The topological polar surface area (TPSA) is 55.1 Å². The molecule has 0 saturated heterocycles. The van der Waals surface area contributed by atoms with Crippen molar-refractivity contribution in [2.24, 2.45) is 0 Å². The summed E-state index contributed by atoms with van der Waals surface area (Å²) < 4.78 is 5.48. The summed E-state index contributed by atoms with van der Waals surface area (Å²) in [7, 11) is 0. The third-order valence-electron chi connectivity index (χ3n) is 4.66. The van der Waals surface area contributed by atoms with Gasteiger partial charge in [-0.1, -0.05) is 24.3 Å². The van der Waals surface area contributed by atoms with Crippen LogP contribution in [-0.4, -0.2) is 17.4 Å². The van der Waals surface area contributed by atoms with Crippen molar-refractivity contribution >= 4 is 28.5 Å². The molecule has 0 radical (unpaired) electrons. The van der Waals surface area contributed by atoms with Gasteiger partial charge >= 0.3 is 0 Å². The molecule has 4 rings (SSSR count). The van der Waals surface area contributed by atoms with E-state index in [2.05, 4.69) is 11.9 Å². The molecule has 1 amide bonds. The number of aromatic nitrogens is 1. The molecule has 0 aliphatic heterocycles. The Kier molecular flexibility index (Phi) is 4.40. The van der Waals surface area contributed by atoms with Gasteiger partial charge in [0.15, 0.2) is 0 Å². The molecule has 0 fully saturated rings. The van der Waals surface area contributed by atoms with Crippen LogP contribution in [0.4, 0.5) is 0 Å². The zero-order valence-corrected chi connectivity index (χ0v) is 14.5. The fourth-order valence-electron chi connectivity index (χ4n) is 3.53.